The molecule has 0 bridgehead atoms. The molecule has 6 rings (SSSR count). The smallest absolute Gasteiger partial charge is 0.0461 e. The van der Waals surface area contributed by atoms with Crippen molar-refractivity contribution in [1.82, 2.24) is 0 Å². The van der Waals surface area contributed by atoms with Crippen molar-refractivity contribution in [2.45, 2.75) is 32.6 Å². The molecule has 0 saturated carbocycles. The van der Waals surface area contributed by atoms with E-state index in [2.05, 4.69) is 128 Å². The Morgan fingerprint density at radius 2 is 1.26 bits per heavy atom. The number of para-hydroxylation sites is 1. The van der Waals surface area contributed by atoms with Crippen LogP contribution in [0.15, 0.2) is 115 Å². The van der Waals surface area contributed by atoms with Gasteiger partial charge in [-0.1, -0.05) is 90.0 Å². The third-order valence-electron chi connectivity index (χ3n) is 7.06. The summed E-state index contributed by atoms with van der Waals surface area (Å²) in [6, 6.07) is 33.7. The van der Waals surface area contributed by atoms with Gasteiger partial charge in [0.05, 0.1) is 0 Å². The fourth-order valence-corrected chi connectivity index (χ4v) is 5.46. The Morgan fingerprint density at radius 1 is 0.647 bits per heavy atom. The SMILES string of the molecule is Cc1ccc2c(c1)C(c1ccc(N(C3=CCCC=C3)c3ccccc3)cc1)c1cc(C)ccc1-2. The van der Waals surface area contributed by atoms with Crippen molar-refractivity contribution < 1.29 is 0 Å². The molecule has 0 fully saturated rings. The lowest BCUT2D eigenvalue weighted by Gasteiger charge is -2.28. The maximum atomic E-state index is 2.37. The van der Waals surface area contributed by atoms with Crippen molar-refractivity contribution in [2.75, 3.05) is 4.90 Å². The summed E-state index contributed by atoms with van der Waals surface area (Å²) in [5, 5.41) is 0. The summed E-state index contributed by atoms with van der Waals surface area (Å²) in [7, 11) is 0. The van der Waals surface area contributed by atoms with E-state index in [9.17, 15) is 0 Å². The van der Waals surface area contributed by atoms with Crippen LogP contribution in [0.4, 0.5) is 11.4 Å². The van der Waals surface area contributed by atoms with Gasteiger partial charge in [0.2, 0.25) is 0 Å². The normalized spacial score (nSPS) is 14.5. The van der Waals surface area contributed by atoms with Crippen molar-refractivity contribution in [3.05, 3.63) is 143 Å². The molecule has 0 aromatic heterocycles. The molecule has 0 saturated heterocycles. The monoisotopic (exact) mass is 439 g/mol. The van der Waals surface area contributed by atoms with Gasteiger partial charge in [-0.2, -0.15) is 0 Å². The summed E-state index contributed by atoms with van der Waals surface area (Å²) in [6.07, 6.45) is 9.07. The number of allylic oxidation sites excluding steroid dienone is 3. The highest BCUT2D eigenvalue weighted by molar-refractivity contribution is 5.81. The highest BCUT2D eigenvalue weighted by Gasteiger charge is 2.30. The molecule has 2 aliphatic carbocycles. The third-order valence-corrected chi connectivity index (χ3v) is 7.06. The van der Waals surface area contributed by atoms with Gasteiger partial charge in [0.25, 0.3) is 0 Å². The number of benzene rings is 4. The van der Waals surface area contributed by atoms with E-state index in [-0.39, 0.29) is 5.92 Å². The first-order valence-electron chi connectivity index (χ1n) is 12.2. The summed E-state index contributed by atoms with van der Waals surface area (Å²) >= 11 is 0. The Kier molecular flexibility index (Phi) is 5.19. The van der Waals surface area contributed by atoms with E-state index < -0.39 is 0 Å². The Hall–Kier alpha value is -3.84. The molecule has 34 heavy (non-hydrogen) atoms. The number of hydrogen-bond acceptors (Lipinski definition) is 1. The van der Waals surface area contributed by atoms with Gasteiger partial charge in [0, 0.05) is 23.0 Å². The van der Waals surface area contributed by atoms with Crippen LogP contribution in [0.25, 0.3) is 11.1 Å². The molecule has 0 amide bonds. The fourth-order valence-electron chi connectivity index (χ4n) is 5.46. The van der Waals surface area contributed by atoms with E-state index in [1.807, 2.05) is 0 Å². The molecular formula is C33H29N. The van der Waals surface area contributed by atoms with Gasteiger partial charge < -0.3 is 4.90 Å². The molecule has 0 aliphatic heterocycles. The number of anilines is 2. The van der Waals surface area contributed by atoms with Gasteiger partial charge in [0.1, 0.15) is 0 Å². The molecule has 2 aliphatic rings. The minimum atomic E-state index is 0.276. The van der Waals surface area contributed by atoms with E-state index in [0.29, 0.717) is 0 Å². The molecule has 0 N–H and O–H groups in total. The molecule has 1 heteroatoms. The lowest BCUT2D eigenvalue weighted by molar-refractivity contribution is 0.992. The van der Waals surface area contributed by atoms with Crippen LogP contribution in [0.5, 0.6) is 0 Å². The average Bonchev–Trinajstić information content (AvgIpc) is 3.18. The maximum absolute atomic E-state index is 2.37. The summed E-state index contributed by atoms with van der Waals surface area (Å²) in [5.41, 5.74) is 13.2. The molecule has 4 aromatic carbocycles. The molecule has 1 nitrogen and oxygen atoms in total. The lowest BCUT2D eigenvalue weighted by Crippen LogP contribution is -2.16. The van der Waals surface area contributed by atoms with Crippen LogP contribution >= 0.6 is 0 Å². The van der Waals surface area contributed by atoms with Gasteiger partial charge in [-0.05, 0) is 84.8 Å². The van der Waals surface area contributed by atoms with Crippen molar-refractivity contribution in [3.63, 3.8) is 0 Å². The first kappa shape index (κ1) is 20.7. The van der Waals surface area contributed by atoms with Gasteiger partial charge in [-0.3, -0.25) is 0 Å². The zero-order valence-electron chi connectivity index (χ0n) is 19.8. The van der Waals surface area contributed by atoms with E-state index in [1.165, 1.54) is 56.0 Å². The van der Waals surface area contributed by atoms with Gasteiger partial charge in [0.15, 0.2) is 0 Å². The number of nitrogens with zero attached hydrogens (tertiary/aromatic N) is 1. The molecule has 0 heterocycles. The predicted molar refractivity (Wildman–Crippen MR) is 144 cm³/mol. The molecule has 0 spiro atoms. The molecular weight excluding hydrogens is 410 g/mol. The quantitative estimate of drug-likeness (QED) is 0.270. The lowest BCUT2D eigenvalue weighted by atomic mass is 9.88. The molecule has 0 atom stereocenters. The van der Waals surface area contributed by atoms with Crippen LogP contribution in [0.3, 0.4) is 0 Å². The van der Waals surface area contributed by atoms with E-state index in [0.717, 1.165) is 12.8 Å². The topological polar surface area (TPSA) is 3.24 Å². The number of aryl methyl sites for hydroxylation is 2. The predicted octanol–water partition coefficient (Wildman–Crippen LogP) is 8.84. The van der Waals surface area contributed by atoms with E-state index in [4.69, 9.17) is 0 Å². The maximum Gasteiger partial charge on any atom is 0.0461 e. The van der Waals surface area contributed by atoms with Crippen LogP contribution in [0, 0.1) is 13.8 Å². The molecule has 4 aromatic rings. The van der Waals surface area contributed by atoms with Gasteiger partial charge in [-0.25, -0.2) is 0 Å². The van der Waals surface area contributed by atoms with Crippen LogP contribution in [0.1, 0.15) is 46.6 Å². The first-order chi connectivity index (χ1) is 16.7. The van der Waals surface area contributed by atoms with Crippen molar-refractivity contribution in [2.24, 2.45) is 0 Å². The van der Waals surface area contributed by atoms with Crippen LogP contribution in [0.2, 0.25) is 0 Å². The first-order valence-corrected chi connectivity index (χ1v) is 12.2. The second-order valence-electron chi connectivity index (χ2n) is 9.49. The summed E-state index contributed by atoms with van der Waals surface area (Å²) in [4.78, 5) is 2.37. The van der Waals surface area contributed by atoms with E-state index >= 15 is 0 Å². The minimum absolute atomic E-state index is 0.276. The second-order valence-corrected chi connectivity index (χ2v) is 9.49. The molecule has 0 unspecified atom stereocenters. The zero-order chi connectivity index (χ0) is 23.1. The highest BCUT2D eigenvalue weighted by Crippen LogP contribution is 2.49. The average molecular weight is 440 g/mol. The van der Waals surface area contributed by atoms with Crippen molar-refractivity contribution in [3.8, 4) is 11.1 Å². The Bertz CT molecular complexity index is 1360. The van der Waals surface area contributed by atoms with Gasteiger partial charge in [-0.15, -0.1) is 0 Å². The molecule has 0 radical (unpaired) electrons. The summed E-state index contributed by atoms with van der Waals surface area (Å²) < 4.78 is 0. The zero-order valence-corrected chi connectivity index (χ0v) is 19.8. The number of fused-ring (bicyclic) bond motifs is 3. The van der Waals surface area contributed by atoms with E-state index in [1.54, 1.807) is 0 Å². The standard InChI is InChI=1S/C33H29N/c1-23-13-19-29-30-20-14-24(2)22-32(30)33(31(29)21-23)25-15-17-28(18-16-25)34(26-9-5-3-6-10-26)27-11-7-4-8-12-27/h3,5-7,9-22,33H,4,8H2,1-2H3. The largest absolute Gasteiger partial charge is 0.311 e. The Morgan fingerprint density at radius 3 is 1.85 bits per heavy atom. The summed E-state index contributed by atoms with van der Waals surface area (Å²) in [5.74, 6) is 0.276. The summed E-state index contributed by atoms with van der Waals surface area (Å²) in [6.45, 7) is 4.38. The molecule has 166 valence electrons. The Balaban J connectivity index is 1.44. The van der Waals surface area contributed by atoms with Crippen molar-refractivity contribution in [1.29, 1.82) is 0 Å². The minimum Gasteiger partial charge on any atom is -0.311 e. The van der Waals surface area contributed by atoms with Crippen LogP contribution < -0.4 is 4.90 Å². The number of rotatable bonds is 4. The highest BCUT2D eigenvalue weighted by atomic mass is 15.1. The Labute approximate surface area is 202 Å². The number of hydrogen-bond donors (Lipinski definition) is 0. The fraction of sp³-hybridized carbons (Fsp3) is 0.152. The van der Waals surface area contributed by atoms with Crippen molar-refractivity contribution >= 4 is 11.4 Å². The second kappa shape index (κ2) is 8.50. The third kappa shape index (κ3) is 3.58. The van der Waals surface area contributed by atoms with Crippen LogP contribution in [-0.2, 0) is 0 Å². The van der Waals surface area contributed by atoms with Crippen LogP contribution in [-0.4, -0.2) is 0 Å². The van der Waals surface area contributed by atoms with Gasteiger partial charge >= 0.3 is 0 Å².